The molecule has 78 valence electrons. The molecule has 0 aromatic heterocycles. The van der Waals surface area contributed by atoms with Crippen LogP contribution in [-0.4, -0.2) is 19.1 Å². The predicted molar refractivity (Wildman–Crippen MR) is 54.9 cm³/mol. The van der Waals surface area contributed by atoms with Crippen LogP contribution in [0.25, 0.3) is 0 Å². The van der Waals surface area contributed by atoms with Crippen molar-refractivity contribution in [2.45, 2.75) is 12.5 Å². The van der Waals surface area contributed by atoms with E-state index in [2.05, 4.69) is 4.74 Å². The van der Waals surface area contributed by atoms with Crippen molar-refractivity contribution >= 4 is 5.97 Å². The smallest absolute Gasteiger partial charge is 0.322 e. The highest BCUT2D eigenvalue weighted by atomic mass is 16.5. The monoisotopic (exact) mass is 204 g/mol. The summed E-state index contributed by atoms with van der Waals surface area (Å²) in [5.41, 5.74) is 7.01. The van der Waals surface area contributed by atoms with E-state index in [0.717, 1.165) is 5.56 Å². The summed E-state index contributed by atoms with van der Waals surface area (Å²) in [7, 11) is 1.30. The van der Waals surface area contributed by atoms with Gasteiger partial charge in [-0.15, -0.1) is 0 Å². The number of esters is 1. The summed E-state index contributed by atoms with van der Waals surface area (Å²) >= 11 is 0. The lowest BCUT2D eigenvalue weighted by Gasteiger charge is -2.08. The molecular formula is C11H12N2O2. The highest BCUT2D eigenvalue weighted by Gasteiger charge is 2.13. The van der Waals surface area contributed by atoms with Crippen molar-refractivity contribution in [3.8, 4) is 6.07 Å². The zero-order valence-corrected chi connectivity index (χ0v) is 8.43. The van der Waals surface area contributed by atoms with E-state index in [4.69, 9.17) is 11.0 Å². The maximum Gasteiger partial charge on any atom is 0.322 e. The molecule has 0 radical (unpaired) electrons. The van der Waals surface area contributed by atoms with Crippen molar-refractivity contribution in [3.05, 3.63) is 35.4 Å². The van der Waals surface area contributed by atoms with Crippen molar-refractivity contribution in [2.24, 2.45) is 5.73 Å². The van der Waals surface area contributed by atoms with Crippen LogP contribution in [0, 0.1) is 11.3 Å². The van der Waals surface area contributed by atoms with Crippen molar-refractivity contribution in [3.63, 3.8) is 0 Å². The Morgan fingerprint density at radius 3 is 3.00 bits per heavy atom. The van der Waals surface area contributed by atoms with Gasteiger partial charge in [-0.05, 0) is 24.1 Å². The van der Waals surface area contributed by atoms with Crippen molar-refractivity contribution in [1.82, 2.24) is 0 Å². The molecule has 0 bridgehead atoms. The normalized spacial score (nSPS) is 11.5. The lowest BCUT2D eigenvalue weighted by atomic mass is 10.0. The Morgan fingerprint density at radius 2 is 2.40 bits per heavy atom. The zero-order valence-electron chi connectivity index (χ0n) is 8.43. The molecule has 0 aliphatic carbocycles. The van der Waals surface area contributed by atoms with Gasteiger partial charge in [0, 0.05) is 0 Å². The molecule has 0 amide bonds. The van der Waals surface area contributed by atoms with E-state index >= 15 is 0 Å². The van der Waals surface area contributed by atoms with Gasteiger partial charge in [0.15, 0.2) is 0 Å². The molecule has 4 heteroatoms. The average Bonchev–Trinajstić information content (AvgIpc) is 2.28. The number of methoxy groups -OCH3 is 1. The molecule has 0 aliphatic heterocycles. The molecule has 2 N–H and O–H groups in total. The van der Waals surface area contributed by atoms with Gasteiger partial charge in [-0.2, -0.15) is 5.26 Å². The molecule has 0 aliphatic rings. The van der Waals surface area contributed by atoms with E-state index < -0.39 is 12.0 Å². The number of nitrogens with zero attached hydrogens (tertiary/aromatic N) is 1. The number of nitrogens with two attached hydrogens (primary N) is 1. The van der Waals surface area contributed by atoms with Crippen LogP contribution in [0.3, 0.4) is 0 Å². The van der Waals surface area contributed by atoms with Gasteiger partial charge < -0.3 is 10.5 Å². The fraction of sp³-hybridized carbons (Fsp3) is 0.273. The minimum Gasteiger partial charge on any atom is -0.468 e. The van der Waals surface area contributed by atoms with E-state index in [-0.39, 0.29) is 0 Å². The van der Waals surface area contributed by atoms with Gasteiger partial charge in [-0.1, -0.05) is 12.1 Å². The summed E-state index contributed by atoms with van der Waals surface area (Å²) in [5, 5.41) is 8.68. The number of hydrogen-bond acceptors (Lipinski definition) is 4. The Bertz CT molecular complexity index is 396. The molecule has 1 atom stereocenters. The van der Waals surface area contributed by atoms with E-state index in [9.17, 15) is 4.79 Å². The van der Waals surface area contributed by atoms with Crippen LogP contribution in [0.1, 0.15) is 11.1 Å². The molecule has 1 rings (SSSR count). The van der Waals surface area contributed by atoms with Crippen LogP contribution in [0.15, 0.2) is 24.3 Å². The first-order valence-corrected chi connectivity index (χ1v) is 4.50. The second kappa shape index (κ2) is 5.13. The first kappa shape index (κ1) is 11.2. The Labute approximate surface area is 88.3 Å². The van der Waals surface area contributed by atoms with Gasteiger partial charge in [0.2, 0.25) is 0 Å². The maximum atomic E-state index is 11.1. The summed E-state index contributed by atoms with van der Waals surface area (Å²) in [6, 6.07) is 8.35. The third kappa shape index (κ3) is 3.08. The quantitative estimate of drug-likeness (QED) is 0.731. The van der Waals surface area contributed by atoms with Gasteiger partial charge in [0.1, 0.15) is 6.04 Å². The average molecular weight is 204 g/mol. The van der Waals surface area contributed by atoms with Crippen molar-refractivity contribution < 1.29 is 9.53 Å². The molecule has 15 heavy (non-hydrogen) atoms. The van der Waals surface area contributed by atoms with E-state index in [1.807, 2.05) is 12.1 Å². The Balaban J connectivity index is 2.73. The number of carbonyl (C=O) groups is 1. The molecule has 0 unspecified atom stereocenters. The maximum absolute atomic E-state index is 11.1. The predicted octanol–water partition coefficient (Wildman–Crippen LogP) is 0.601. The summed E-state index contributed by atoms with van der Waals surface area (Å²) in [5.74, 6) is -0.447. The largest absolute Gasteiger partial charge is 0.468 e. The topological polar surface area (TPSA) is 76.1 Å². The Hall–Kier alpha value is -1.86. The molecule has 1 aromatic carbocycles. The SMILES string of the molecule is COC(=O)[C@@H](N)Cc1cccc(C#N)c1. The fourth-order valence-electron chi connectivity index (χ4n) is 1.26. The first-order valence-electron chi connectivity index (χ1n) is 4.50. The number of benzene rings is 1. The molecule has 0 heterocycles. The summed E-state index contributed by atoms with van der Waals surface area (Å²) in [4.78, 5) is 11.1. The van der Waals surface area contributed by atoms with Crippen LogP contribution in [0.4, 0.5) is 0 Å². The van der Waals surface area contributed by atoms with Gasteiger partial charge in [-0.3, -0.25) is 4.79 Å². The van der Waals surface area contributed by atoms with E-state index in [0.29, 0.717) is 12.0 Å². The highest BCUT2D eigenvalue weighted by molar-refractivity contribution is 5.75. The number of rotatable bonds is 3. The summed E-state index contributed by atoms with van der Waals surface area (Å²) < 4.78 is 4.51. The van der Waals surface area contributed by atoms with E-state index in [1.165, 1.54) is 7.11 Å². The van der Waals surface area contributed by atoms with Crippen molar-refractivity contribution in [2.75, 3.05) is 7.11 Å². The standard InChI is InChI=1S/C11H12N2O2/c1-15-11(14)10(13)6-8-3-2-4-9(5-8)7-12/h2-5,10H,6,13H2,1H3/t10-/m0/s1. The highest BCUT2D eigenvalue weighted by Crippen LogP contribution is 2.06. The van der Waals surface area contributed by atoms with E-state index in [1.54, 1.807) is 18.2 Å². The third-order valence-electron chi connectivity index (χ3n) is 2.02. The van der Waals surface area contributed by atoms with Gasteiger partial charge >= 0.3 is 5.97 Å². The number of hydrogen-bond donors (Lipinski definition) is 1. The summed E-state index contributed by atoms with van der Waals surface area (Å²) in [6.07, 6.45) is 0.377. The van der Waals surface area contributed by atoms with Crippen LogP contribution < -0.4 is 5.73 Å². The van der Waals surface area contributed by atoms with Gasteiger partial charge in [0.05, 0.1) is 18.7 Å². The number of nitriles is 1. The minimum atomic E-state index is -0.677. The molecule has 0 saturated heterocycles. The van der Waals surface area contributed by atoms with Gasteiger partial charge in [-0.25, -0.2) is 0 Å². The lowest BCUT2D eigenvalue weighted by Crippen LogP contribution is -2.33. The fourth-order valence-corrected chi connectivity index (χ4v) is 1.26. The van der Waals surface area contributed by atoms with Crippen molar-refractivity contribution in [1.29, 1.82) is 5.26 Å². The Morgan fingerprint density at radius 1 is 1.67 bits per heavy atom. The minimum absolute atomic E-state index is 0.377. The second-order valence-corrected chi connectivity index (χ2v) is 3.15. The lowest BCUT2D eigenvalue weighted by molar-refractivity contribution is -0.142. The van der Waals surface area contributed by atoms with Gasteiger partial charge in [0.25, 0.3) is 0 Å². The number of ether oxygens (including phenoxy) is 1. The summed E-state index contributed by atoms with van der Waals surface area (Å²) in [6.45, 7) is 0. The number of carbonyl (C=O) groups excluding carboxylic acids is 1. The molecule has 4 nitrogen and oxygen atoms in total. The van der Waals surface area contributed by atoms with Crippen LogP contribution in [0.2, 0.25) is 0 Å². The molecule has 0 saturated carbocycles. The molecule has 0 fully saturated rings. The third-order valence-corrected chi connectivity index (χ3v) is 2.02. The zero-order chi connectivity index (χ0) is 11.3. The van der Waals surface area contributed by atoms with Crippen LogP contribution >= 0.6 is 0 Å². The second-order valence-electron chi connectivity index (χ2n) is 3.15. The first-order chi connectivity index (χ1) is 7.17. The molecular weight excluding hydrogens is 192 g/mol. The molecule has 0 spiro atoms. The van der Waals surface area contributed by atoms with Crippen LogP contribution in [-0.2, 0) is 16.0 Å². The van der Waals surface area contributed by atoms with Crippen LogP contribution in [0.5, 0.6) is 0 Å². The molecule has 1 aromatic rings. The Kier molecular flexibility index (Phi) is 3.83.